The van der Waals surface area contributed by atoms with Crippen molar-refractivity contribution in [3.05, 3.63) is 48.5 Å². The summed E-state index contributed by atoms with van der Waals surface area (Å²) in [5.74, 6) is -1.42. The van der Waals surface area contributed by atoms with Gasteiger partial charge in [-0.2, -0.15) is 0 Å². The fourth-order valence-electron chi connectivity index (χ4n) is 2.79. The van der Waals surface area contributed by atoms with E-state index in [9.17, 15) is 22.8 Å². The molecule has 0 aliphatic carbocycles. The standard InChI is InChI=1S/C21H21F3N4O3S/c1-12(2)18(25)19(30)26-11-17(29)28(13-6-4-3-5-7-13)20-27-15-9-8-14(10-16(15)32-20)31-21(22,23)24/h3-10,12,18H,11,25H2,1-2H3,(H,26,30)/t18-/m1/s1. The molecule has 0 spiro atoms. The first kappa shape index (κ1) is 23.5. The summed E-state index contributed by atoms with van der Waals surface area (Å²) in [4.78, 5) is 30.9. The zero-order valence-corrected chi connectivity index (χ0v) is 18.0. The van der Waals surface area contributed by atoms with Crippen LogP contribution >= 0.6 is 11.3 Å². The van der Waals surface area contributed by atoms with Crippen LogP contribution in [0.3, 0.4) is 0 Å². The summed E-state index contributed by atoms with van der Waals surface area (Å²) in [5, 5.41) is 2.77. The molecule has 0 saturated carbocycles. The van der Waals surface area contributed by atoms with Crippen LogP contribution in [0.25, 0.3) is 10.2 Å². The number of thiazole rings is 1. The first-order valence-corrected chi connectivity index (χ1v) is 10.4. The third kappa shape index (κ3) is 5.74. The number of anilines is 2. The van der Waals surface area contributed by atoms with Crippen molar-refractivity contribution in [3.8, 4) is 5.75 Å². The maximum absolute atomic E-state index is 13.0. The first-order valence-electron chi connectivity index (χ1n) is 9.63. The lowest BCUT2D eigenvalue weighted by atomic mass is 10.1. The second-order valence-corrected chi connectivity index (χ2v) is 8.24. The van der Waals surface area contributed by atoms with Gasteiger partial charge in [0.05, 0.1) is 28.5 Å². The number of benzene rings is 2. The molecule has 0 bridgehead atoms. The second kappa shape index (κ2) is 9.53. The Bertz CT molecular complexity index is 1100. The summed E-state index contributed by atoms with van der Waals surface area (Å²) in [6.07, 6.45) is -4.82. The maximum atomic E-state index is 13.0. The number of carbonyl (C=O) groups is 2. The average Bonchev–Trinajstić information content (AvgIpc) is 3.13. The smallest absolute Gasteiger partial charge is 0.406 e. The van der Waals surface area contributed by atoms with Gasteiger partial charge in [0.1, 0.15) is 5.75 Å². The molecule has 7 nitrogen and oxygen atoms in total. The number of para-hydroxylation sites is 1. The molecule has 0 radical (unpaired) electrons. The van der Waals surface area contributed by atoms with Crippen molar-refractivity contribution < 1.29 is 27.5 Å². The third-order valence-corrected chi connectivity index (χ3v) is 5.48. The van der Waals surface area contributed by atoms with E-state index in [-0.39, 0.29) is 23.3 Å². The van der Waals surface area contributed by atoms with E-state index in [1.165, 1.54) is 17.0 Å². The average molecular weight is 466 g/mol. The molecular weight excluding hydrogens is 445 g/mol. The monoisotopic (exact) mass is 466 g/mol. The van der Waals surface area contributed by atoms with E-state index >= 15 is 0 Å². The van der Waals surface area contributed by atoms with E-state index in [2.05, 4.69) is 15.0 Å². The number of halogens is 3. The number of hydrogen-bond donors (Lipinski definition) is 2. The fourth-order valence-corrected chi connectivity index (χ4v) is 3.82. The minimum atomic E-state index is -4.82. The number of ether oxygens (including phenoxy) is 1. The molecular formula is C21H21F3N4O3S. The topological polar surface area (TPSA) is 97.5 Å². The summed E-state index contributed by atoms with van der Waals surface area (Å²) in [6, 6.07) is 11.6. The van der Waals surface area contributed by atoms with Gasteiger partial charge in [-0.3, -0.25) is 14.5 Å². The summed E-state index contributed by atoms with van der Waals surface area (Å²) in [6.45, 7) is 3.26. The van der Waals surface area contributed by atoms with Gasteiger partial charge in [-0.15, -0.1) is 13.2 Å². The molecule has 0 aliphatic rings. The minimum absolute atomic E-state index is 0.104. The number of alkyl halides is 3. The quantitative estimate of drug-likeness (QED) is 0.549. The molecule has 32 heavy (non-hydrogen) atoms. The van der Waals surface area contributed by atoms with Crippen LogP contribution in [0, 0.1) is 5.92 Å². The van der Waals surface area contributed by atoms with E-state index < -0.39 is 24.2 Å². The predicted molar refractivity (Wildman–Crippen MR) is 116 cm³/mol. The number of fused-ring (bicyclic) bond motifs is 1. The number of rotatable bonds is 7. The largest absolute Gasteiger partial charge is 0.573 e. The van der Waals surface area contributed by atoms with Crippen LogP contribution in [-0.4, -0.2) is 35.7 Å². The van der Waals surface area contributed by atoms with Crippen LogP contribution in [0.2, 0.25) is 0 Å². The molecule has 2 aromatic carbocycles. The highest BCUT2D eigenvalue weighted by Crippen LogP contribution is 2.36. The van der Waals surface area contributed by atoms with Crippen LogP contribution in [0.4, 0.5) is 24.0 Å². The lowest BCUT2D eigenvalue weighted by Gasteiger charge is -2.21. The Balaban J connectivity index is 1.90. The van der Waals surface area contributed by atoms with Crippen LogP contribution in [0.5, 0.6) is 5.75 Å². The molecule has 170 valence electrons. The first-order chi connectivity index (χ1) is 15.0. The molecule has 3 N–H and O–H groups in total. The van der Waals surface area contributed by atoms with Crippen LogP contribution in [0.1, 0.15) is 13.8 Å². The number of aromatic nitrogens is 1. The highest BCUT2D eigenvalue weighted by molar-refractivity contribution is 7.22. The lowest BCUT2D eigenvalue weighted by Crippen LogP contribution is -2.47. The Kier molecular flexibility index (Phi) is 6.99. The van der Waals surface area contributed by atoms with Crippen molar-refractivity contribution in [1.29, 1.82) is 0 Å². The van der Waals surface area contributed by atoms with Crippen molar-refractivity contribution >= 4 is 44.2 Å². The van der Waals surface area contributed by atoms with Gasteiger partial charge in [-0.25, -0.2) is 4.98 Å². The maximum Gasteiger partial charge on any atom is 0.573 e. The summed E-state index contributed by atoms with van der Waals surface area (Å²) >= 11 is 1.02. The molecule has 0 saturated heterocycles. The molecule has 0 unspecified atom stereocenters. The Morgan fingerprint density at radius 1 is 1.19 bits per heavy atom. The van der Waals surface area contributed by atoms with E-state index in [4.69, 9.17) is 5.73 Å². The molecule has 2 amide bonds. The van der Waals surface area contributed by atoms with Crippen molar-refractivity contribution in [1.82, 2.24) is 10.3 Å². The molecule has 3 aromatic rings. The molecule has 11 heteroatoms. The van der Waals surface area contributed by atoms with Gasteiger partial charge in [0.15, 0.2) is 5.13 Å². The Labute approximate surface area is 186 Å². The lowest BCUT2D eigenvalue weighted by molar-refractivity contribution is -0.274. The number of nitrogens with two attached hydrogens (primary N) is 1. The van der Waals surface area contributed by atoms with Gasteiger partial charge in [0, 0.05) is 6.07 Å². The molecule has 1 heterocycles. The molecule has 0 aliphatic heterocycles. The van der Waals surface area contributed by atoms with Gasteiger partial charge >= 0.3 is 6.36 Å². The minimum Gasteiger partial charge on any atom is -0.406 e. The van der Waals surface area contributed by atoms with E-state index in [1.807, 2.05) is 0 Å². The molecule has 0 fully saturated rings. The summed E-state index contributed by atoms with van der Waals surface area (Å²) in [7, 11) is 0. The number of amides is 2. The van der Waals surface area contributed by atoms with Gasteiger partial charge in [0.25, 0.3) is 5.91 Å². The zero-order valence-electron chi connectivity index (χ0n) is 17.2. The van der Waals surface area contributed by atoms with E-state index in [0.29, 0.717) is 15.9 Å². The second-order valence-electron chi connectivity index (χ2n) is 7.23. The van der Waals surface area contributed by atoms with Gasteiger partial charge in [-0.05, 0) is 30.2 Å². The van der Waals surface area contributed by atoms with Crippen molar-refractivity contribution in [2.75, 3.05) is 11.4 Å². The molecule has 1 aromatic heterocycles. The number of hydrogen-bond acceptors (Lipinski definition) is 6. The van der Waals surface area contributed by atoms with E-state index in [1.54, 1.807) is 44.2 Å². The highest BCUT2D eigenvalue weighted by atomic mass is 32.1. The van der Waals surface area contributed by atoms with Crippen molar-refractivity contribution in [3.63, 3.8) is 0 Å². The molecule has 3 rings (SSSR count). The van der Waals surface area contributed by atoms with Gasteiger partial charge < -0.3 is 15.8 Å². The van der Waals surface area contributed by atoms with Crippen LogP contribution < -0.4 is 20.7 Å². The van der Waals surface area contributed by atoms with E-state index in [0.717, 1.165) is 17.4 Å². The Morgan fingerprint density at radius 3 is 2.50 bits per heavy atom. The van der Waals surface area contributed by atoms with Gasteiger partial charge in [-0.1, -0.05) is 43.4 Å². The fraction of sp³-hybridized carbons (Fsp3) is 0.286. The SMILES string of the molecule is CC(C)[C@@H](N)C(=O)NCC(=O)N(c1ccccc1)c1nc2ccc(OC(F)(F)F)cc2s1. The van der Waals surface area contributed by atoms with Crippen molar-refractivity contribution in [2.45, 2.75) is 26.3 Å². The Morgan fingerprint density at radius 2 is 1.88 bits per heavy atom. The molecule has 1 atom stereocenters. The Hall–Kier alpha value is -3.18. The van der Waals surface area contributed by atoms with Crippen LogP contribution in [0.15, 0.2) is 48.5 Å². The normalized spacial score (nSPS) is 12.6. The van der Waals surface area contributed by atoms with Crippen molar-refractivity contribution in [2.24, 2.45) is 11.7 Å². The number of nitrogens with one attached hydrogen (secondary N) is 1. The predicted octanol–water partition coefficient (Wildman–Crippen LogP) is 3.96. The number of carbonyl (C=O) groups excluding carboxylic acids is 2. The summed E-state index contributed by atoms with van der Waals surface area (Å²) in [5.41, 5.74) is 6.71. The zero-order chi connectivity index (χ0) is 23.5. The van der Waals surface area contributed by atoms with Crippen LogP contribution in [-0.2, 0) is 9.59 Å². The number of nitrogens with zero attached hydrogens (tertiary/aromatic N) is 2. The summed E-state index contributed by atoms with van der Waals surface area (Å²) < 4.78 is 41.9. The van der Waals surface area contributed by atoms with Gasteiger partial charge in [0.2, 0.25) is 5.91 Å². The third-order valence-electron chi connectivity index (χ3n) is 4.47. The highest BCUT2D eigenvalue weighted by Gasteiger charge is 2.31.